The Labute approximate surface area is 146 Å². The summed E-state index contributed by atoms with van der Waals surface area (Å²) < 4.78 is 7.47. The molecule has 0 unspecified atom stereocenters. The quantitative estimate of drug-likeness (QED) is 0.648. The van der Waals surface area contributed by atoms with Crippen molar-refractivity contribution in [2.75, 3.05) is 6.61 Å². The van der Waals surface area contributed by atoms with Gasteiger partial charge in [0.25, 0.3) is 0 Å². The fourth-order valence-electron chi connectivity index (χ4n) is 3.07. The third-order valence-electron chi connectivity index (χ3n) is 4.43. The van der Waals surface area contributed by atoms with Crippen LogP contribution in [0, 0.1) is 0 Å². The first kappa shape index (κ1) is 15.7. The van der Waals surface area contributed by atoms with Crippen LogP contribution >= 0.6 is 0 Å². The van der Waals surface area contributed by atoms with Crippen LogP contribution in [0.15, 0.2) is 43.0 Å². The van der Waals surface area contributed by atoms with Crippen LogP contribution in [0.25, 0.3) is 5.82 Å². The minimum Gasteiger partial charge on any atom is -0.463 e. The van der Waals surface area contributed by atoms with Gasteiger partial charge in [0.1, 0.15) is 0 Å². The molecule has 6 nitrogen and oxygen atoms in total. The Hall–Kier alpha value is -2.76. The van der Waals surface area contributed by atoms with Crippen LogP contribution in [-0.2, 0) is 19.3 Å². The highest BCUT2D eigenvalue weighted by molar-refractivity contribution is 5.24. The van der Waals surface area contributed by atoms with E-state index in [1.807, 2.05) is 30.7 Å². The first-order valence-corrected chi connectivity index (χ1v) is 8.81. The molecule has 0 N–H and O–H groups in total. The Morgan fingerprint density at radius 2 is 2.04 bits per heavy atom. The lowest BCUT2D eigenvalue weighted by atomic mass is 9.98. The van der Waals surface area contributed by atoms with Crippen molar-refractivity contribution in [1.82, 2.24) is 24.7 Å². The Bertz CT molecular complexity index is 814. The molecule has 1 aliphatic rings. The maximum absolute atomic E-state index is 5.72. The molecule has 0 radical (unpaired) electrons. The fourth-order valence-corrected chi connectivity index (χ4v) is 3.07. The average Bonchev–Trinajstić information content (AvgIpc) is 3.20. The molecule has 25 heavy (non-hydrogen) atoms. The van der Waals surface area contributed by atoms with Gasteiger partial charge in [-0.15, -0.1) is 0 Å². The molecule has 3 heterocycles. The minimum absolute atomic E-state index is 0.507. The van der Waals surface area contributed by atoms with Gasteiger partial charge in [0.2, 0.25) is 0 Å². The van der Waals surface area contributed by atoms with Crippen LogP contribution in [0.4, 0.5) is 0 Å². The van der Waals surface area contributed by atoms with Crippen LogP contribution < -0.4 is 4.74 Å². The molecular formula is C19H21N5O. The van der Waals surface area contributed by atoms with Gasteiger partial charge in [-0.2, -0.15) is 10.1 Å². The fraction of sp³-hybridized carbons (Fsp3) is 0.368. The van der Waals surface area contributed by atoms with Gasteiger partial charge in [-0.1, -0.05) is 6.07 Å². The van der Waals surface area contributed by atoms with Crippen molar-refractivity contribution in [3.63, 3.8) is 0 Å². The molecule has 3 aromatic rings. The molecule has 1 aliphatic carbocycles. The summed E-state index contributed by atoms with van der Waals surface area (Å²) in [5.74, 6) is 0.826. The number of aromatic nitrogens is 5. The van der Waals surface area contributed by atoms with Crippen LogP contribution in [-0.4, -0.2) is 31.3 Å². The zero-order valence-corrected chi connectivity index (χ0v) is 14.1. The standard InChI is InChI=1S/C19H21N5O/c1-2-7-17-16(6-1)14-21-19(23-17)25-12-3-5-15-8-9-18(20-13-15)24-11-4-10-22-24/h4,8-11,13-14H,1-3,5-7,12H2. The summed E-state index contributed by atoms with van der Waals surface area (Å²) >= 11 is 0. The van der Waals surface area contributed by atoms with E-state index in [1.165, 1.54) is 24.0 Å². The van der Waals surface area contributed by atoms with Crippen LogP contribution in [0.2, 0.25) is 0 Å². The van der Waals surface area contributed by atoms with Gasteiger partial charge >= 0.3 is 6.01 Å². The molecule has 0 amide bonds. The monoisotopic (exact) mass is 335 g/mol. The number of rotatable bonds is 6. The number of fused-ring (bicyclic) bond motifs is 1. The van der Waals surface area contributed by atoms with Crippen LogP contribution in [0.5, 0.6) is 6.01 Å². The minimum atomic E-state index is 0.507. The summed E-state index contributed by atoms with van der Waals surface area (Å²) in [4.78, 5) is 13.3. The number of ether oxygens (including phenoxy) is 1. The Balaban J connectivity index is 1.27. The summed E-state index contributed by atoms with van der Waals surface area (Å²) in [6, 6.07) is 6.46. The van der Waals surface area contributed by atoms with Crippen LogP contribution in [0.3, 0.4) is 0 Å². The van der Waals surface area contributed by atoms with Crippen molar-refractivity contribution in [2.45, 2.75) is 38.5 Å². The maximum atomic E-state index is 5.72. The number of nitrogens with zero attached hydrogens (tertiary/aromatic N) is 5. The van der Waals surface area contributed by atoms with Crippen molar-refractivity contribution >= 4 is 0 Å². The summed E-state index contributed by atoms with van der Waals surface area (Å²) in [7, 11) is 0. The topological polar surface area (TPSA) is 65.7 Å². The Morgan fingerprint density at radius 3 is 2.88 bits per heavy atom. The average molecular weight is 335 g/mol. The summed E-state index contributed by atoms with van der Waals surface area (Å²) in [5.41, 5.74) is 3.63. The van der Waals surface area contributed by atoms with Crippen molar-refractivity contribution < 1.29 is 4.74 Å². The van der Waals surface area contributed by atoms with Gasteiger partial charge in [0, 0.05) is 24.8 Å². The van der Waals surface area contributed by atoms with Gasteiger partial charge in [-0.3, -0.25) is 0 Å². The largest absolute Gasteiger partial charge is 0.463 e. The van der Waals surface area contributed by atoms with E-state index in [0.29, 0.717) is 12.6 Å². The van der Waals surface area contributed by atoms with E-state index in [4.69, 9.17) is 4.74 Å². The van der Waals surface area contributed by atoms with E-state index in [0.717, 1.165) is 37.2 Å². The Morgan fingerprint density at radius 1 is 1.08 bits per heavy atom. The molecule has 6 heteroatoms. The lowest BCUT2D eigenvalue weighted by Crippen LogP contribution is -2.09. The van der Waals surface area contributed by atoms with Gasteiger partial charge in [-0.05, 0) is 61.8 Å². The van der Waals surface area contributed by atoms with Crippen molar-refractivity contribution in [2.24, 2.45) is 0 Å². The molecule has 4 rings (SSSR count). The molecule has 0 aromatic carbocycles. The van der Waals surface area contributed by atoms with E-state index in [-0.39, 0.29) is 0 Å². The predicted molar refractivity (Wildman–Crippen MR) is 93.8 cm³/mol. The van der Waals surface area contributed by atoms with E-state index >= 15 is 0 Å². The normalized spacial score (nSPS) is 13.4. The molecular weight excluding hydrogens is 314 g/mol. The molecule has 128 valence electrons. The van der Waals surface area contributed by atoms with E-state index in [9.17, 15) is 0 Å². The lowest BCUT2D eigenvalue weighted by Gasteiger charge is -2.14. The van der Waals surface area contributed by atoms with E-state index < -0.39 is 0 Å². The first-order valence-electron chi connectivity index (χ1n) is 8.81. The van der Waals surface area contributed by atoms with Crippen molar-refractivity contribution in [3.8, 4) is 11.8 Å². The molecule has 0 spiro atoms. The number of pyridine rings is 1. The zero-order chi connectivity index (χ0) is 16.9. The zero-order valence-electron chi connectivity index (χ0n) is 14.1. The van der Waals surface area contributed by atoms with Crippen molar-refractivity contribution in [1.29, 1.82) is 0 Å². The van der Waals surface area contributed by atoms with Gasteiger partial charge in [0.05, 0.1) is 12.3 Å². The van der Waals surface area contributed by atoms with E-state index in [2.05, 4.69) is 26.1 Å². The van der Waals surface area contributed by atoms with Gasteiger partial charge < -0.3 is 4.74 Å². The molecule has 0 aliphatic heterocycles. The highest BCUT2D eigenvalue weighted by atomic mass is 16.5. The molecule has 0 saturated carbocycles. The summed E-state index contributed by atoms with van der Waals surface area (Å²) in [6.07, 6.45) is 13.9. The summed E-state index contributed by atoms with van der Waals surface area (Å²) in [5, 5.41) is 4.18. The second-order valence-electron chi connectivity index (χ2n) is 6.26. The SMILES string of the molecule is c1cnn(-c2ccc(CCCOc3ncc4c(n3)CCCC4)cn2)c1. The Kier molecular flexibility index (Phi) is 4.68. The van der Waals surface area contributed by atoms with E-state index in [1.54, 1.807) is 10.9 Å². The number of aryl methyl sites for hydroxylation is 3. The second-order valence-corrected chi connectivity index (χ2v) is 6.26. The van der Waals surface area contributed by atoms with Crippen LogP contribution in [0.1, 0.15) is 36.1 Å². The first-order chi connectivity index (χ1) is 12.4. The predicted octanol–water partition coefficient (Wildman–Crippen LogP) is 2.95. The number of hydrogen-bond donors (Lipinski definition) is 0. The third kappa shape index (κ3) is 3.84. The summed E-state index contributed by atoms with van der Waals surface area (Å²) in [6.45, 7) is 0.611. The van der Waals surface area contributed by atoms with Gasteiger partial charge in [-0.25, -0.2) is 14.6 Å². The highest BCUT2D eigenvalue weighted by Crippen LogP contribution is 2.20. The third-order valence-corrected chi connectivity index (χ3v) is 4.43. The second kappa shape index (κ2) is 7.42. The maximum Gasteiger partial charge on any atom is 0.316 e. The van der Waals surface area contributed by atoms with Crippen molar-refractivity contribution in [3.05, 3.63) is 59.8 Å². The molecule has 0 fully saturated rings. The van der Waals surface area contributed by atoms with Gasteiger partial charge in [0.15, 0.2) is 5.82 Å². The molecule has 3 aromatic heterocycles. The highest BCUT2D eigenvalue weighted by Gasteiger charge is 2.12. The molecule has 0 bridgehead atoms. The molecule has 0 saturated heterocycles. The number of hydrogen-bond acceptors (Lipinski definition) is 5. The lowest BCUT2D eigenvalue weighted by molar-refractivity contribution is 0.285. The molecule has 0 atom stereocenters. The smallest absolute Gasteiger partial charge is 0.316 e.